The zero-order valence-electron chi connectivity index (χ0n) is 16.4. The van der Waals surface area contributed by atoms with Crippen LogP contribution in [0.2, 0.25) is 0 Å². The van der Waals surface area contributed by atoms with Crippen molar-refractivity contribution < 1.29 is 40.1 Å². The molecule has 6 atom stereocenters. The van der Waals surface area contributed by atoms with Crippen molar-refractivity contribution >= 4 is 0 Å². The molecule has 1 fully saturated rings. The van der Waals surface area contributed by atoms with Gasteiger partial charge in [0.25, 0.3) is 0 Å². The Kier molecular flexibility index (Phi) is 11.9. The second-order valence-electron chi connectivity index (χ2n) is 7.45. The molecule has 8 nitrogen and oxygen atoms in total. The summed E-state index contributed by atoms with van der Waals surface area (Å²) in [7, 11) is 0. The van der Waals surface area contributed by atoms with E-state index < -0.39 is 49.5 Å². The number of aliphatic hydroxyl groups excluding tert-OH is 6. The Labute approximate surface area is 161 Å². The van der Waals surface area contributed by atoms with E-state index in [-0.39, 0.29) is 13.0 Å². The number of hydrogen-bond donors (Lipinski definition) is 6. The van der Waals surface area contributed by atoms with Crippen molar-refractivity contribution in [2.45, 2.75) is 101 Å². The first-order valence-electron chi connectivity index (χ1n) is 10.2. The van der Waals surface area contributed by atoms with Gasteiger partial charge in [0.2, 0.25) is 0 Å². The highest BCUT2D eigenvalue weighted by Gasteiger charge is 2.54. The molecule has 1 rings (SSSR count). The minimum absolute atomic E-state index is 0.238. The molecule has 1 saturated heterocycles. The third-order valence-corrected chi connectivity index (χ3v) is 5.15. The van der Waals surface area contributed by atoms with E-state index in [1.54, 1.807) is 0 Å². The van der Waals surface area contributed by atoms with Gasteiger partial charge in [-0.25, -0.2) is 0 Å². The van der Waals surface area contributed by atoms with E-state index in [1.165, 1.54) is 25.7 Å². The third-order valence-electron chi connectivity index (χ3n) is 5.15. The summed E-state index contributed by atoms with van der Waals surface area (Å²) in [5, 5.41) is 58.5. The van der Waals surface area contributed by atoms with Crippen molar-refractivity contribution in [2.75, 3.05) is 19.8 Å². The van der Waals surface area contributed by atoms with Gasteiger partial charge in [-0.3, -0.25) is 0 Å². The SMILES string of the molecule is CCCCCCCCCCC1(OCC(O)CO)O[C@H](CO)[C@@H](O)[C@H](O)[C@H]1O. The maximum atomic E-state index is 10.5. The Balaban J connectivity index is 2.63. The topological polar surface area (TPSA) is 140 Å². The van der Waals surface area contributed by atoms with Gasteiger partial charge in [-0.05, 0) is 6.42 Å². The Bertz CT molecular complexity index is 381. The lowest BCUT2D eigenvalue weighted by Crippen LogP contribution is -2.66. The van der Waals surface area contributed by atoms with E-state index in [1.807, 2.05) is 0 Å². The lowest BCUT2D eigenvalue weighted by molar-refractivity contribution is -0.370. The van der Waals surface area contributed by atoms with E-state index in [9.17, 15) is 25.5 Å². The molecular weight excluding hydrogens is 356 g/mol. The van der Waals surface area contributed by atoms with Crippen LogP contribution in [-0.4, -0.2) is 86.8 Å². The number of unbranched alkanes of at least 4 members (excludes halogenated alkanes) is 7. The van der Waals surface area contributed by atoms with Gasteiger partial charge in [0.15, 0.2) is 5.79 Å². The van der Waals surface area contributed by atoms with Gasteiger partial charge in [0.1, 0.15) is 30.5 Å². The number of hydrogen-bond acceptors (Lipinski definition) is 8. The van der Waals surface area contributed by atoms with Crippen molar-refractivity contribution in [3.8, 4) is 0 Å². The molecule has 0 bridgehead atoms. The zero-order chi connectivity index (χ0) is 20.3. The van der Waals surface area contributed by atoms with Crippen LogP contribution in [0.5, 0.6) is 0 Å². The molecule has 0 aromatic heterocycles. The molecule has 1 aliphatic rings. The van der Waals surface area contributed by atoms with E-state index in [0.29, 0.717) is 6.42 Å². The second-order valence-corrected chi connectivity index (χ2v) is 7.45. The predicted molar refractivity (Wildman–Crippen MR) is 99.0 cm³/mol. The van der Waals surface area contributed by atoms with Gasteiger partial charge in [-0.15, -0.1) is 0 Å². The number of rotatable bonds is 14. The van der Waals surface area contributed by atoms with Gasteiger partial charge < -0.3 is 40.1 Å². The molecule has 6 N–H and O–H groups in total. The largest absolute Gasteiger partial charge is 0.394 e. The summed E-state index contributed by atoms with van der Waals surface area (Å²) in [6.45, 7) is 0.813. The average molecular weight is 395 g/mol. The molecule has 27 heavy (non-hydrogen) atoms. The Morgan fingerprint density at radius 3 is 2.07 bits per heavy atom. The van der Waals surface area contributed by atoms with E-state index in [2.05, 4.69) is 6.92 Å². The van der Waals surface area contributed by atoms with Gasteiger partial charge in [-0.2, -0.15) is 0 Å². The van der Waals surface area contributed by atoms with Gasteiger partial charge in [-0.1, -0.05) is 51.9 Å². The first-order chi connectivity index (χ1) is 12.9. The van der Waals surface area contributed by atoms with Crippen molar-refractivity contribution in [1.82, 2.24) is 0 Å². The van der Waals surface area contributed by atoms with Crippen molar-refractivity contribution in [3.63, 3.8) is 0 Å². The molecule has 8 heteroatoms. The maximum absolute atomic E-state index is 10.5. The molecule has 0 aromatic carbocycles. The Morgan fingerprint density at radius 1 is 0.926 bits per heavy atom. The van der Waals surface area contributed by atoms with Crippen LogP contribution in [0.1, 0.15) is 64.7 Å². The molecule has 0 spiro atoms. The quantitative estimate of drug-likeness (QED) is 0.227. The highest BCUT2D eigenvalue weighted by Crippen LogP contribution is 2.35. The summed E-state index contributed by atoms with van der Waals surface area (Å²) in [6.07, 6.45) is 2.01. The first-order valence-corrected chi connectivity index (χ1v) is 10.2. The number of ether oxygens (including phenoxy) is 2. The molecule has 0 aromatic rings. The fraction of sp³-hybridized carbons (Fsp3) is 1.00. The van der Waals surface area contributed by atoms with Crippen LogP contribution < -0.4 is 0 Å². The molecule has 1 aliphatic heterocycles. The normalized spacial score (nSPS) is 32.6. The van der Waals surface area contributed by atoms with E-state index >= 15 is 0 Å². The minimum Gasteiger partial charge on any atom is -0.394 e. The van der Waals surface area contributed by atoms with Crippen LogP contribution in [0.3, 0.4) is 0 Å². The maximum Gasteiger partial charge on any atom is 0.197 e. The molecule has 1 heterocycles. The summed E-state index contributed by atoms with van der Waals surface area (Å²) in [5.41, 5.74) is 0. The molecule has 0 aliphatic carbocycles. The van der Waals surface area contributed by atoms with E-state index in [0.717, 1.165) is 19.3 Å². The highest BCUT2D eigenvalue weighted by atomic mass is 16.7. The Hall–Kier alpha value is -0.320. The average Bonchev–Trinajstić information content (AvgIpc) is 2.68. The van der Waals surface area contributed by atoms with E-state index in [4.69, 9.17) is 14.6 Å². The lowest BCUT2D eigenvalue weighted by atomic mass is 9.89. The monoisotopic (exact) mass is 394 g/mol. The van der Waals surface area contributed by atoms with Gasteiger partial charge in [0.05, 0.1) is 19.8 Å². The molecule has 0 amide bonds. The Morgan fingerprint density at radius 2 is 1.52 bits per heavy atom. The standard InChI is InChI=1S/C19H38O8/c1-2-3-4-5-6-7-8-9-10-19(26-13-14(22)11-20)18(25)17(24)16(23)15(12-21)27-19/h14-18,20-25H,2-13H2,1H3/t14?,15-,16-,17+,18-,19?/m1/s1. The molecule has 162 valence electrons. The first kappa shape index (κ1) is 24.7. The highest BCUT2D eigenvalue weighted by molar-refractivity contribution is 4.97. The lowest BCUT2D eigenvalue weighted by Gasteiger charge is -2.48. The summed E-state index contributed by atoms with van der Waals surface area (Å²) in [5.74, 6) is -1.65. The van der Waals surface area contributed by atoms with Crippen LogP contribution in [0.25, 0.3) is 0 Å². The third kappa shape index (κ3) is 7.55. The molecule has 2 unspecified atom stereocenters. The van der Waals surface area contributed by atoms with Crippen molar-refractivity contribution in [2.24, 2.45) is 0 Å². The fourth-order valence-electron chi connectivity index (χ4n) is 3.40. The summed E-state index contributed by atoms with van der Waals surface area (Å²) in [6, 6.07) is 0. The molecule has 0 saturated carbocycles. The summed E-state index contributed by atoms with van der Waals surface area (Å²) < 4.78 is 11.2. The fourth-order valence-corrected chi connectivity index (χ4v) is 3.40. The van der Waals surface area contributed by atoms with Crippen LogP contribution in [0, 0.1) is 0 Å². The van der Waals surface area contributed by atoms with Crippen molar-refractivity contribution in [3.05, 3.63) is 0 Å². The van der Waals surface area contributed by atoms with Gasteiger partial charge in [0, 0.05) is 6.42 Å². The predicted octanol–water partition coefficient (Wildman–Crippen LogP) is 0.0571. The van der Waals surface area contributed by atoms with Crippen LogP contribution in [0.4, 0.5) is 0 Å². The van der Waals surface area contributed by atoms with Crippen LogP contribution in [0.15, 0.2) is 0 Å². The van der Waals surface area contributed by atoms with Gasteiger partial charge >= 0.3 is 0 Å². The van der Waals surface area contributed by atoms with Crippen LogP contribution >= 0.6 is 0 Å². The van der Waals surface area contributed by atoms with Crippen LogP contribution in [-0.2, 0) is 9.47 Å². The summed E-state index contributed by atoms with van der Waals surface area (Å²) >= 11 is 0. The molecule has 0 radical (unpaired) electrons. The molecular formula is C19H38O8. The zero-order valence-corrected chi connectivity index (χ0v) is 16.4. The second kappa shape index (κ2) is 13.0. The number of aliphatic hydroxyl groups is 6. The summed E-state index contributed by atoms with van der Waals surface area (Å²) in [4.78, 5) is 0. The minimum atomic E-state index is -1.65. The van der Waals surface area contributed by atoms with Crippen molar-refractivity contribution in [1.29, 1.82) is 0 Å². The smallest absolute Gasteiger partial charge is 0.197 e.